The van der Waals surface area contributed by atoms with E-state index < -0.39 is 0 Å². The van der Waals surface area contributed by atoms with Gasteiger partial charge in [0.25, 0.3) is 0 Å². The summed E-state index contributed by atoms with van der Waals surface area (Å²) in [6, 6.07) is 0. The third-order valence-corrected chi connectivity index (χ3v) is 1.03. The van der Waals surface area contributed by atoms with E-state index in [1.807, 2.05) is 18.6 Å². The first-order chi connectivity index (χ1) is 4.31. The molecule has 1 radical (unpaired) electrons. The molecule has 0 saturated heterocycles. The van der Waals surface area contributed by atoms with Gasteiger partial charge in [0.1, 0.15) is 0 Å². The summed E-state index contributed by atoms with van der Waals surface area (Å²) in [5, 5.41) is 0. The second-order valence-electron chi connectivity index (χ2n) is 1.80. The molecule has 0 rings (SSSR count). The van der Waals surface area contributed by atoms with E-state index in [1.54, 1.807) is 6.08 Å². The molecule has 0 aliphatic heterocycles. The van der Waals surface area contributed by atoms with Gasteiger partial charge in [-0.15, -0.1) is 0 Å². The third-order valence-electron chi connectivity index (χ3n) is 1.03. The molecule has 0 aromatic heterocycles. The molecule has 0 fully saturated rings. The van der Waals surface area contributed by atoms with Crippen molar-refractivity contribution in [1.29, 1.82) is 0 Å². The van der Waals surface area contributed by atoms with Crippen LogP contribution in [0.2, 0.25) is 0 Å². The maximum atomic E-state index is 3.80. The summed E-state index contributed by atoms with van der Waals surface area (Å²) in [5.41, 5.74) is 1.15. The Balaban J connectivity index is 3.37. The van der Waals surface area contributed by atoms with Gasteiger partial charge in [-0.05, 0) is 6.42 Å². The van der Waals surface area contributed by atoms with E-state index in [9.17, 15) is 0 Å². The molecule has 0 amide bonds. The van der Waals surface area contributed by atoms with Crippen LogP contribution in [0.15, 0.2) is 37.0 Å². The van der Waals surface area contributed by atoms with E-state index in [0.29, 0.717) is 0 Å². The van der Waals surface area contributed by atoms with Gasteiger partial charge >= 0.3 is 0 Å². The molecule has 0 aromatic rings. The lowest BCUT2D eigenvalue weighted by Crippen LogP contribution is -1.73. The number of hydrogen-bond donors (Lipinski definition) is 0. The zero-order valence-corrected chi connectivity index (χ0v) is 5.93. The Morgan fingerprint density at radius 1 is 1.44 bits per heavy atom. The lowest BCUT2D eigenvalue weighted by atomic mass is 10.1. The standard InChI is InChI=1S/C9H13/c1-4-6-7-8-9(3)5-2/h4,6-8H,1,3,5H2,2H3/b7-6-. The third kappa shape index (κ3) is 5.09. The van der Waals surface area contributed by atoms with Crippen molar-refractivity contribution in [2.75, 3.05) is 0 Å². The Labute approximate surface area is 57.6 Å². The van der Waals surface area contributed by atoms with Gasteiger partial charge in [-0.3, -0.25) is 0 Å². The highest BCUT2D eigenvalue weighted by molar-refractivity contribution is 5.19. The Hall–Kier alpha value is -0.780. The molecule has 0 N–H and O–H groups in total. The van der Waals surface area contributed by atoms with Gasteiger partial charge in [-0.2, -0.15) is 0 Å². The Morgan fingerprint density at radius 3 is 2.56 bits per heavy atom. The van der Waals surface area contributed by atoms with E-state index in [1.165, 1.54) is 0 Å². The molecule has 0 aliphatic carbocycles. The summed E-state index contributed by atoms with van der Waals surface area (Å²) < 4.78 is 0. The largest absolute Gasteiger partial charge is 0.0992 e. The van der Waals surface area contributed by atoms with E-state index in [-0.39, 0.29) is 0 Å². The van der Waals surface area contributed by atoms with E-state index in [2.05, 4.69) is 20.1 Å². The second kappa shape index (κ2) is 5.36. The predicted octanol–water partition coefficient (Wildman–Crippen LogP) is 2.90. The SMILES string of the molecule is C=C/C=C\[CH]C(=C)CC. The zero-order valence-electron chi connectivity index (χ0n) is 5.93. The molecule has 0 aliphatic rings. The van der Waals surface area contributed by atoms with Crippen molar-refractivity contribution < 1.29 is 0 Å². The summed E-state index contributed by atoms with van der Waals surface area (Å²) in [4.78, 5) is 0. The monoisotopic (exact) mass is 121 g/mol. The molecule has 0 bridgehead atoms. The molecule has 0 unspecified atom stereocenters. The molecule has 0 saturated carbocycles. The minimum Gasteiger partial charge on any atom is -0.0992 e. The van der Waals surface area contributed by atoms with Crippen molar-refractivity contribution in [2.24, 2.45) is 0 Å². The van der Waals surface area contributed by atoms with Crippen LogP contribution in [0.25, 0.3) is 0 Å². The Morgan fingerprint density at radius 2 is 2.11 bits per heavy atom. The average Bonchev–Trinajstić information content (AvgIpc) is 1.89. The first-order valence-corrected chi connectivity index (χ1v) is 3.11. The molecule has 0 spiro atoms. The van der Waals surface area contributed by atoms with Gasteiger partial charge in [-0.1, -0.05) is 43.9 Å². The van der Waals surface area contributed by atoms with E-state index >= 15 is 0 Å². The molecule has 0 nitrogen and oxygen atoms in total. The molecular formula is C9H13. The fourth-order valence-electron chi connectivity index (χ4n) is 0.388. The number of allylic oxidation sites excluding steroid dienone is 4. The first kappa shape index (κ1) is 8.22. The van der Waals surface area contributed by atoms with Gasteiger partial charge < -0.3 is 0 Å². The minimum absolute atomic E-state index is 1.02. The van der Waals surface area contributed by atoms with Gasteiger partial charge in [-0.25, -0.2) is 0 Å². The van der Waals surface area contributed by atoms with E-state index in [0.717, 1.165) is 12.0 Å². The molecular weight excluding hydrogens is 108 g/mol. The normalized spacial score (nSPS) is 9.89. The molecule has 9 heavy (non-hydrogen) atoms. The predicted molar refractivity (Wildman–Crippen MR) is 43.1 cm³/mol. The molecule has 0 atom stereocenters. The molecule has 49 valence electrons. The van der Waals surface area contributed by atoms with Gasteiger partial charge in [0.15, 0.2) is 0 Å². The molecule has 0 heterocycles. The van der Waals surface area contributed by atoms with Crippen LogP contribution >= 0.6 is 0 Å². The van der Waals surface area contributed by atoms with Gasteiger partial charge in [0, 0.05) is 6.42 Å². The highest BCUT2D eigenvalue weighted by atomic mass is 13.9. The van der Waals surface area contributed by atoms with Crippen LogP contribution in [0, 0.1) is 6.42 Å². The van der Waals surface area contributed by atoms with Crippen LogP contribution in [0.1, 0.15) is 13.3 Å². The topological polar surface area (TPSA) is 0 Å². The van der Waals surface area contributed by atoms with Crippen molar-refractivity contribution in [3.63, 3.8) is 0 Å². The summed E-state index contributed by atoms with van der Waals surface area (Å²) >= 11 is 0. The van der Waals surface area contributed by atoms with Crippen LogP contribution in [0.4, 0.5) is 0 Å². The quantitative estimate of drug-likeness (QED) is 0.502. The molecule has 0 heteroatoms. The lowest BCUT2D eigenvalue weighted by Gasteiger charge is -1.91. The fraction of sp³-hybridized carbons (Fsp3) is 0.222. The van der Waals surface area contributed by atoms with Crippen molar-refractivity contribution in [3.8, 4) is 0 Å². The number of rotatable bonds is 4. The maximum absolute atomic E-state index is 3.80. The lowest BCUT2D eigenvalue weighted by molar-refractivity contribution is 1.13. The minimum atomic E-state index is 1.02. The van der Waals surface area contributed by atoms with Crippen LogP contribution in [0.3, 0.4) is 0 Å². The zero-order chi connectivity index (χ0) is 7.11. The van der Waals surface area contributed by atoms with Gasteiger partial charge in [0.2, 0.25) is 0 Å². The van der Waals surface area contributed by atoms with Crippen LogP contribution in [0.5, 0.6) is 0 Å². The summed E-state index contributed by atoms with van der Waals surface area (Å²) in [7, 11) is 0. The molecule has 0 aromatic carbocycles. The van der Waals surface area contributed by atoms with Gasteiger partial charge in [0.05, 0.1) is 0 Å². The van der Waals surface area contributed by atoms with Crippen LogP contribution in [-0.2, 0) is 0 Å². The average molecular weight is 121 g/mol. The second-order valence-corrected chi connectivity index (χ2v) is 1.80. The van der Waals surface area contributed by atoms with Crippen molar-refractivity contribution >= 4 is 0 Å². The van der Waals surface area contributed by atoms with Crippen LogP contribution < -0.4 is 0 Å². The highest BCUT2D eigenvalue weighted by Gasteiger charge is 1.82. The summed E-state index contributed by atoms with van der Waals surface area (Å²) in [6.07, 6.45) is 8.59. The van der Waals surface area contributed by atoms with Crippen molar-refractivity contribution in [1.82, 2.24) is 0 Å². The van der Waals surface area contributed by atoms with Crippen molar-refractivity contribution in [3.05, 3.63) is 43.4 Å². The smallest absolute Gasteiger partial charge is 0.00773 e. The summed E-state index contributed by atoms with van der Waals surface area (Å²) in [6.45, 7) is 9.43. The van der Waals surface area contributed by atoms with Crippen LogP contribution in [-0.4, -0.2) is 0 Å². The number of hydrogen-bond acceptors (Lipinski definition) is 0. The highest BCUT2D eigenvalue weighted by Crippen LogP contribution is 2.01. The first-order valence-electron chi connectivity index (χ1n) is 3.11. The summed E-state index contributed by atoms with van der Waals surface area (Å²) in [5.74, 6) is 0. The van der Waals surface area contributed by atoms with Crippen molar-refractivity contribution in [2.45, 2.75) is 13.3 Å². The Kier molecular flexibility index (Phi) is 4.89. The Bertz CT molecular complexity index is 118. The fourth-order valence-corrected chi connectivity index (χ4v) is 0.388. The maximum Gasteiger partial charge on any atom is 0.00773 e. The van der Waals surface area contributed by atoms with E-state index in [4.69, 9.17) is 0 Å².